The number of thiophene rings is 1. The van der Waals surface area contributed by atoms with Gasteiger partial charge in [0.1, 0.15) is 17.4 Å². The van der Waals surface area contributed by atoms with Crippen LogP contribution in [0.2, 0.25) is 5.02 Å². The van der Waals surface area contributed by atoms with E-state index in [2.05, 4.69) is 37.4 Å². The highest BCUT2D eigenvalue weighted by Gasteiger charge is 2.19. The largest absolute Gasteiger partial charge is 0.459 e. The number of benzene rings is 1. The third-order valence-corrected chi connectivity index (χ3v) is 4.54. The van der Waals surface area contributed by atoms with Crippen LogP contribution in [0.5, 0.6) is 0 Å². The summed E-state index contributed by atoms with van der Waals surface area (Å²) < 4.78 is 5.99. The highest BCUT2D eigenvalue weighted by Crippen LogP contribution is 2.32. The number of nitrogens with one attached hydrogen (secondary N) is 1. The zero-order chi connectivity index (χ0) is 14.1. The average Bonchev–Trinajstić information content (AvgIpc) is 3.01. The molecule has 4 heteroatoms. The van der Waals surface area contributed by atoms with E-state index in [-0.39, 0.29) is 6.04 Å². The van der Waals surface area contributed by atoms with E-state index < -0.39 is 0 Å². The maximum absolute atomic E-state index is 6.03. The van der Waals surface area contributed by atoms with Gasteiger partial charge in [0.15, 0.2) is 0 Å². The third kappa shape index (κ3) is 2.62. The first-order valence-electron chi connectivity index (χ1n) is 6.66. The topological polar surface area (TPSA) is 25.2 Å². The molecular formula is C16H16ClNOS. The van der Waals surface area contributed by atoms with Crippen molar-refractivity contribution in [3.63, 3.8) is 0 Å². The summed E-state index contributed by atoms with van der Waals surface area (Å²) in [5.74, 6) is 0.936. The van der Waals surface area contributed by atoms with Crippen molar-refractivity contribution in [1.29, 1.82) is 0 Å². The minimum atomic E-state index is 0.102. The maximum Gasteiger partial charge on any atom is 0.134 e. The highest BCUT2D eigenvalue weighted by atomic mass is 35.5. The maximum atomic E-state index is 6.03. The molecule has 0 saturated carbocycles. The van der Waals surface area contributed by atoms with Crippen molar-refractivity contribution in [3.05, 3.63) is 56.9 Å². The normalized spacial score (nSPS) is 12.9. The molecule has 0 spiro atoms. The van der Waals surface area contributed by atoms with Crippen LogP contribution < -0.4 is 5.32 Å². The Bertz CT molecular complexity index is 731. The molecule has 0 saturated heterocycles. The van der Waals surface area contributed by atoms with Crippen molar-refractivity contribution in [2.45, 2.75) is 19.9 Å². The van der Waals surface area contributed by atoms with Gasteiger partial charge in [-0.15, -0.1) is 11.3 Å². The van der Waals surface area contributed by atoms with Gasteiger partial charge in [-0.1, -0.05) is 18.5 Å². The lowest BCUT2D eigenvalue weighted by Crippen LogP contribution is -2.20. The SMILES string of the molecule is CCNC(c1cc2cc(Cl)ccc2o1)c1ccc(C)s1. The first-order valence-corrected chi connectivity index (χ1v) is 7.85. The zero-order valence-corrected chi connectivity index (χ0v) is 13.0. The number of hydrogen-bond acceptors (Lipinski definition) is 3. The van der Waals surface area contributed by atoms with Gasteiger partial charge in [0.25, 0.3) is 0 Å². The second-order valence-electron chi connectivity index (χ2n) is 4.77. The molecule has 0 radical (unpaired) electrons. The summed E-state index contributed by atoms with van der Waals surface area (Å²) >= 11 is 7.83. The number of furan rings is 1. The van der Waals surface area contributed by atoms with Gasteiger partial charge in [-0.3, -0.25) is 0 Å². The van der Waals surface area contributed by atoms with Crippen molar-refractivity contribution < 1.29 is 4.42 Å². The van der Waals surface area contributed by atoms with E-state index in [1.807, 2.05) is 18.2 Å². The summed E-state index contributed by atoms with van der Waals surface area (Å²) in [5.41, 5.74) is 0.876. The van der Waals surface area contributed by atoms with Crippen LogP contribution in [-0.2, 0) is 0 Å². The fourth-order valence-electron chi connectivity index (χ4n) is 2.33. The lowest BCUT2D eigenvalue weighted by atomic mass is 10.1. The minimum Gasteiger partial charge on any atom is -0.459 e. The molecule has 0 bridgehead atoms. The van der Waals surface area contributed by atoms with E-state index in [9.17, 15) is 0 Å². The molecule has 1 unspecified atom stereocenters. The van der Waals surface area contributed by atoms with Gasteiger partial charge in [-0.05, 0) is 49.9 Å². The Morgan fingerprint density at radius 3 is 2.80 bits per heavy atom. The van der Waals surface area contributed by atoms with E-state index in [0.717, 1.165) is 28.3 Å². The average molecular weight is 306 g/mol. The molecule has 2 heterocycles. The van der Waals surface area contributed by atoms with E-state index in [1.54, 1.807) is 11.3 Å². The Kier molecular flexibility index (Phi) is 3.83. The molecule has 20 heavy (non-hydrogen) atoms. The van der Waals surface area contributed by atoms with Crippen LogP contribution in [-0.4, -0.2) is 6.54 Å². The van der Waals surface area contributed by atoms with Gasteiger partial charge in [-0.25, -0.2) is 0 Å². The second-order valence-corrected chi connectivity index (χ2v) is 6.53. The zero-order valence-electron chi connectivity index (χ0n) is 11.4. The quantitative estimate of drug-likeness (QED) is 0.720. The summed E-state index contributed by atoms with van der Waals surface area (Å²) in [6.45, 7) is 5.11. The Morgan fingerprint density at radius 2 is 2.10 bits per heavy atom. The molecule has 3 rings (SSSR count). The lowest BCUT2D eigenvalue weighted by Gasteiger charge is -2.13. The summed E-state index contributed by atoms with van der Waals surface area (Å²) in [7, 11) is 0. The van der Waals surface area contributed by atoms with E-state index in [4.69, 9.17) is 16.0 Å². The molecule has 2 aromatic heterocycles. The van der Waals surface area contributed by atoms with Gasteiger partial charge in [0, 0.05) is 20.2 Å². The molecular weight excluding hydrogens is 290 g/mol. The van der Waals surface area contributed by atoms with Crippen LogP contribution >= 0.6 is 22.9 Å². The molecule has 1 atom stereocenters. The van der Waals surface area contributed by atoms with Crippen LogP contribution in [0.1, 0.15) is 28.5 Å². The summed E-state index contributed by atoms with van der Waals surface area (Å²) in [6, 6.07) is 12.2. The van der Waals surface area contributed by atoms with Crippen molar-refractivity contribution in [1.82, 2.24) is 5.32 Å². The number of aryl methyl sites for hydroxylation is 1. The van der Waals surface area contributed by atoms with Crippen LogP contribution in [0.25, 0.3) is 11.0 Å². The Labute approximate surface area is 127 Å². The van der Waals surface area contributed by atoms with Crippen LogP contribution in [0.15, 0.2) is 40.8 Å². The Morgan fingerprint density at radius 1 is 1.25 bits per heavy atom. The van der Waals surface area contributed by atoms with E-state index in [0.29, 0.717) is 0 Å². The molecule has 0 aliphatic carbocycles. The number of rotatable bonds is 4. The van der Waals surface area contributed by atoms with Gasteiger partial charge in [0.05, 0.1) is 0 Å². The predicted octanol–water partition coefficient (Wildman–Crippen LogP) is 5.16. The van der Waals surface area contributed by atoms with Gasteiger partial charge in [-0.2, -0.15) is 0 Å². The summed E-state index contributed by atoms with van der Waals surface area (Å²) in [5, 5.41) is 5.27. The first kappa shape index (κ1) is 13.7. The molecule has 1 N–H and O–H groups in total. The predicted molar refractivity (Wildman–Crippen MR) is 85.8 cm³/mol. The van der Waals surface area contributed by atoms with Gasteiger partial charge in [0.2, 0.25) is 0 Å². The molecule has 104 valence electrons. The standard InChI is InChI=1S/C16H16ClNOS/c1-3-18-16(15-7-4-10(2)20-15)14-9-11-8-12(17)5-6-13(11)19-14/h4-9,16,18H,3H2,1-2H3. The molecule has 3 aromatic rings. The monoisotopic (exact) mass is 305 g/mol. The summed E-state index contributed by atoms with van der Waals surface area (Å²) in [6.07, 6.45) is 0. The fourth-order valence-corrected chi connectivity index (χ4v) is 3.47. The number of hydrogen-bond donors (Lipinski definition) is 1. The van der Waals surface area contributed by atoms with Crippen LogP contribution in [0.4, 0.5) is 0 Å². The highest BCUT2D eigenvalue weighted by molar-refractivity contribution is 7.12. The molecule has 2 nitrogen and oxygen atoms in total. The molecule has 1 aromatic carbocycles. The first-order chi connectivity index (χ1) is 9.67. The van der Waals surface area contributed by atoms with Gasteiger partial charge < -0.3 is 9.73 Å². The fraction of sp³-hybridized carbons (Fsp3) is 0.250. The van der Waals surface area contributed by atoms with Crippen molar-refractivity contribution in [2.75, 3.05) is 6.54 Å². The van der Waals surface area contributed by atoms with E-state index >= 15 is 0 Å². The van der Waals surface area contributed by atoms with Gasteiger partial charge >= 0.3 is 0 Å². The lowest BCUT2D eigenvalue weighted by molar-refractivity contribution is 0.481. The van der Waals surface area contributed by atoms with Crippen molar-refractivity contribution >= 4 is 33.9 Å². The van der Waals surface area contributed by atoms with Crippen LogP contribution in [0.3, 0.4) is 0 Å². The number of fused-ring (bicyclic) bond motifs is 1. The molecule has 0 aliphatic heterocycles. The Balaban J connectivity index is 2.04. The van der Waals surface area contributed by atoms with Crippen molar-refractivity contribution in [3.8, 4) is 0 Å². The third-order valence-electron chi connectivity index (χ3n) is 3.24. The molecule has 0 amide bonds. The summed E-state index contributed by atoms with van der Waals surface area (Å²) in [4.78, 5) is 2.58. The Hall–Kier alpha value is -1.29. The molecule has 0 fully saturated rings. The van der Waals surface area contributed by atoms with E-state index in [1.165, 1.54) is 9.75 Å². The second kappa shape index (κ2) is 5.60. The van der Waals surface area contributed by atoms with Crippen molar-refractivity contribution in [2.24, 2.45) is 0 Å². The minimum absolute atomic E-state index is 0.102. The smallest absolute Gasteiger partial charge is 0.134 e. The molecule has 0 aliphatic rings. The van der Waals surface area contributed by atoms with Crippen LogP contribution in [0, 0.1) is 6.92 Å². The number of halogens is 1.